The molecule has 0 amide bonds. The van der Waals surface area contributed by atoms with Gasteiger partial charge in [-0.3, -0.25) is 0 Å². The van der Waals surface area contributed by atoms with Crippen LogP contribution >= 0.6 is 11.8 Å². The van der Waals surface area contributed by atoms with E-state index < -0.39 is 0 Å². The SMILES string of the molecule is Cln1cc(-c2ccccc2)cn1. The van der Waals surface area contributed by atoms with Gasteiger partial charge in [0.2, 0.25) is 0 Å². The summed E-state index contributed by atoms with van der Waals surface area (Å²) in [6.07, 6.45) is 3.51. The summed E-state index contributed by atoms with van der Waals surface area (Å²) in [5.41, 5.74) is 2.16. The third-order valence-corrected chi connectivity index (χ3v) is 1.84. The monoisotopic (exact) mass is 178 g/mol. The molecule has 3 heteroatoms. The summed E-state index contributed by atoms with van der Waals surface area (Å²) in [6, 6.07) is 10.00. The van der Waals surface area contributed by atoms with Crippen molar-refractivity contribution in [3.63, 3.8) is 0 Å². The van der Waals surface area contributed by atoms with Crippen molar-refractivity contribution in [2.75, 3.05) is 0 Å². The van der Waals surface area contributed by atoms with E-state index in [2.05, 4.69) is 5.10 Å². The van der Waals surface area contributed by atoms with Gasteiger partial charge in [-0.25, -0.2) is 0 Å². The Morgan fingerprint density at radius 2 is 1.83 bits per heavy atom. The molecule has 0 fully saturated rings. The highest BCUT2D eigenvalue weighted by Gasteiger charge is 1.97. The van der Waals surface area contributed by atoms with Crippen molar-refractivity contribution in [2.24, 2.45) is 0 Å². The van der Waals surface area contributed by atoms with Gasteiger partial charge in [-0.2, -0.15) is 9.30 Å². The maximum atomic E-state index is 5.62. The van der Waals surface area contributed by atoms with Crippen LogP contribution in [0.15, 0.2) is 42.7 Å². The Morgan fingerprint density at radius 3 is 2.42 bits per heavy atom. The topological polar surface area (TPSA) is 17.8 Å². The van der Waals surface area contributed by atoms with Crippen LogP contribution in [0.2, 0.25) is 0 Å². The molecule has 0 atom stereocenters. The molecule has 0 N–H and O–H groups in total. The van der Waals surface area contributed by atoms with Crippen molar-refractivity contribution >= 4 is 11.8 Å². The van der Waals surface area contributed by atoms with Crippen molar-refractivity contribution in [1.29, 1.82) is 0 Å². The summed E-state index contributed by atoms with van der Waals surface area (Å²) in [6.45, 7) is 0. The molecule has 0 aliphatic heterocycles. The van der Waals surface area contributed by atoms with Crippen LogP contribution in [0.25, 0.3) is 11.1 Å². The number of hydrogen-bond donors (Lipinski definition) is 0. The number of halogens is 1. The molecule has 0 radical (unpaired) electrons. The number of rotatable bonds is 1. The van der Waals surface area contributed by atoms with Gasteiger partial charge in [-0.15, -0.1) is 0 Å². The summed E-state index contributed by atoms with van der Waals surface area (Å²) >= 11 is 5.62. The van der Waals surface area contributed by atoms with E-state index in [1.165, 1.54) is 4.20 Å². The normalized spacial score (nSPS) is 10.1. The lowest BCUT2D eigenvalue weighted by atomic mass is 10.1. The minimum absolute atomic E-state index is 1.03. The third-order valence-electron chi connectivity index (χ3n) is 1.66. The van der Waals surface area contributed by atoms with Crippen LogP contribution < -0.4 is 0 Å². The molecule has 0 unspecified atom stereocenters. The van der Waals surface area contributed by atoms with E-state index in [1.807, 2.05) is 30.3 Å². The summed E-state index contributed by atoms with van der Waals surface area (Å²) in [5, 5.41) is 3.88. The van der Waals surface area contributed by atoms with Crippen molar-refractivity contribution in [3.05, 3.63) is 42.7 Å². The standard InChI is InChI=1S/C9H7ClN2/c10-12-7-9(6-11-12)8-4-2-1-3-5-8/h1-7H. The largest absolute Gasteiger partial charge is 0.180 e. The highest BCUT2D eigenvalue weighted by Crippen LogP contribution is 2.17. The number of nitrogens with zero attached hydrogens (tertiary/aromatic N) is 2. The van der Waals surface area contributed by atoms with E-state index in [1.54, 1.807) is 12.4 Å². The lowest BCUT2D eigenvalue weighted by molar-refractivity contribution is 0.994. The van der Waals surface area contributed by atoms with Crippen molar-refractivity contribution in [3.8, 4) is 11.1 Å². The molecule has 2 nitrogen and oxygen atoms in total. The minimum Gasteiger partial charge on any atom is -0.180 e. The van der Waals surface area contributed by atoms with Crippen LogP contribution in [0.5, 0.6) is 0 Å². The highest BCUT2D eigenvalue weighted by molar-refractivity contribution is 6.14. The van der Waals surface area contributed by atoms with Crippen LogP contribution in [0.1, 0.15) is 0 Å². The summed E-state index contributed by atoms with van der Waals surface area (Å²) in [4.78, 5) is 0. The first kappa shape index (κ1) is 7.37. The van der Waals surface area contributed by atoms with Crippen LogP contribution in [-0.4, -0.2) is 9.30 Å². The average molecular weight is 179 g/mol. The van der Waals surface area contributed by atoms with Crippen molar-refractivity contribution in [1.82, 2.24) is 9.30 Å². The van der Waals surface area contributed by atoms with Crippen LogP contribution in [-0.2, 0) is 0 Å². The van der Waals surface area contributed by atoms with Gasteiger partial charge in [0.25, 0.3) is 0 Å². The first-order chi connectivity index (χ1) is 5.86. The van der Waals surface area contributed by atoms with E-state index in [4.69, 9.17) is 11.8 Å². The molecule has 1 heterocycles. The Bertz CT molecular complexity index is 367. The molecule has 0 spiro atoms. The Labute approximate surface area is 75.5 Å². The minimum atomic E-state index is 1.03. The van der Waals surface area contributed by atoms with Crippen molar-refractivity contribution in [2.45, 2.75) is 0 Å². The van der Waals surface area contributed by atoms with E-state index in [0.717, 1.165) is 11.1 Å². The van der Waals surface area contributed by atoms with Crippen LogP contribution in [0.4, 0.5) is 0 Å². The van der Waals surface area contributed by atoms with E-state index in [9.17, 15) is 0 Å². The molecule has 0 aliphatic rings. The fraction of sp³-hybridized carbons (Fsp3) is 0. The van der Waals surface area contributed by atoms with E-state index in [0.29, 0.717) is 0 Å². The third kappa shape index (κ3) is 1.34. The fourth-order valence-corrected chi connectivity index (χ4v) is 1.23. The summed E-state index contributed by atoms with van der Waals surface area (Å²) in [5.74, 6) is 0. The zero-order valence-electron chi connectivity index (χ0n) is 6.31. The molecule has 1 aromatic heterocycles. The van der Waals surface area contributed by atoms with Crippen LogP contribution in [0.3, 0.4) is 0 Å². The number of hydrogen-bond acceptors (Lipinski definition) is 1. The molecule has 2 aromatic rings. The molecular weight excluding hydrogens is 172 g/mol. The van der Waals surface area contributed by atoms with Gasteiger partial charge in [0.15, 0.2) is 0 Å². The molecule has 0 aliphatic carbocycles. The highest BCUT2D eigenvalue weighted by atomic mass is 35.5. The molecule has 1 aromatic carbocycles. The maximum absolute atomic E-state index is 5.62. The second-order valence-corrected chi connectivity index (χ2v) is 2.83. The molecule has 0 bridgehead atoms. The average Bonchev–Trinajstić information content (AvgIpc) is 2.54. The van der Waals surface area contributed by atoms with Crippen molar-refractivity contribution < 1.29 is 0 Å². The zero-order chi connectivity index (χ0) is 8.39. The second kappa shape index (κ2) is 2.99. The Balaban J connectivity index is 2.45. The lowest BCUT2D eigenvalue weighted by Crippen LogP contribution is -1.74. The predicted molar refractivity (Wildman–Crippen MR) is 48.9 cm³/mol. The van der Waals surface area contributed by atoms with Gasteiger partial charge in [0, 0.05) is 17.3 Å². The fourth-order valence-electron chi connectivity index (χ4n) is 1.08. The summed E-state index contributed by atoms with van der Waals surface area (Å²) < 4.78 is 1.28. The van der Waals surface area contributed by atoms with E-state index in [-0.39, 0.29) is 0 Å². The zero-order valence-corrected chi connectivity index (χ0v) is 7.07. The molecule has 2 rings (SSSR count). The Morgan fingerprint density at radius 1 is 1.08 bits per heavy atom. The first-order valence-electron chi connectivity index (χ1n) is 3.62. The summed E-state index contributed by atoms with van der Waals surface area (Å²) in [7, 11) is 0. The second-order valence-electron chi connectivity index (χ2n) is 2.48. The smallest absolute Gasteiger partial charge is 0.0583 e. The molecule has 0 saturated heterocycles. The lowest BCUT2D eigenvalue weighted by Gasteiger charge is -1.92. The Kier molecular flexibility index (Phi) is 1.84. The molecule has 12 heavy (non-hydrogen) atoms. The first-order valence-corrected chi connectivity index (χ1v) is 3.96. The number of aromatic nitrogens is 2. The molecular formula is C9H7ClN2. The van der Waals surface area contributed by atoms with Gasteiger partial charge in [-0.05, 0) is 5.56 Å². The number of benzene rings is 1. The Hall–Kier alpha value is -1.28. The van der Waals surface area contributed by atoms with Gasteiger partial charge < -0.3 is 0 Å². The predicted octanol–water partition coefficient (Wildman–Crippen LogP) is 2.55. The van der Waals surface area contributed by atoms with Gasteiger partial charge in [0.05, 0.1) is 12.4 Å². The van der Waals surface area contributed by atoms with E-state index >= 15 is 0 Å². The van der Waals surface area contributed by atoms with Gasteiger partial charge in [-0.1, -0.05) is 30.3 Å². The molecule has 60 valence electrons. The molecule has 0 saturated carbocycles. The van der Waals surface area contributed by atoms with Gasteiger partial charge in [0.1, 0.15) is 0 Å². The maximum Gasteiger partial charge on any atom is 0.0583 e. The van der Waals surface area contributed by atoms with Gasteiger partial charge >= 0.3 is 0 Å². The quantitative estimate of drug-likeness (QED) is 0.656. The van der Waals surface area contributed by atoms with Crippen LogP contribution in [0, 0.1) is 0 Å².